The van der Waals surface area contributed by atoms with Crippen molar-refractivity contribution in [3.63, 3.8) is 0 Å². The second-order valence-electron chi connectivity index (χ2n) is 4.28. The van der Waals surface area contributed by atoms with Crippen LogP contribution in [0.25, 0.3) is 10.9 Å². The molecule has 0 spiro atoms. The maximum absolute atomic E-state index is 5.63. The Hall–Kier alpha value is -2.28. The van der Waals surface area contributed by atoms with E-state index in [4.69, 9.17) is 18.0 Å². The summed E-state index contributed by atoms with van der Waals surface area (Å²) in [7, 11) is 1.75. The summed E-state index contributed by atoms with van der Waals surface area (Å²) in [6, 6.07) is 7.93. The van der Waals surface area contributed by atoms with E-state index in [9.17, 15) is 0 Å². The van der Waals surface area contributed by atoms with Crippen LogP contribution in [0.2, 0.25) is 0 Å². The lowest BCUT2D eigenvalue weighted by Gasteiger charge is -2.03. The Morgan fingerprint density at radius 3 is 2.89 bits per heavy atom. The highest BCUT2D eigenvalue weighted by molar-refractivity contribution is 7.80. The van der Waals surface area contributed by atoms with Crippen LogP contribution in [0.4, 0.5) is 0 Å². The van der Waals surface area contributed by atoms with Crippen LogP contribution in [0.1, 0.15) is 11.4 Å². The fourth-order valence-corrected chi connectivity index (χ4v) is 2.16. The van der Waals surface area contributed by atoms with Crippen LogP contribution in [0.3, 0.4) is 0 Å². The lowest BCUT2D eigenvalue weighted by Crippen LogP contribution is -2.09. The van der Waals surface area contributed by atoms with E-state index < -0.39 is 0 Å². The molecule has 0 aliphatic carbocycles. The van der Waals surface area contributed by atoms with E-state index in [0.717, 1.165) is 16.5 Å². The number of benzene rings is 1. The minimum absolute atomic E-state index is 0.408. The first-order chi connectivity index (χ1) is 9.13. The van der Waals surface area contributed by atoms with Gasteiger partial charge in [0.1, 0.15) is 4.99 Å². The van der Waals surface area contributed by atoms with E-state index in [-0.39, 0.29) is 0 Å². The van der Waals surface area contributed by atoms with E-state index in [0.29, 0.717) is 17.4 Å². The van der Waals surface area contributed by atoms with Gasteiger partial charge >= 0.3 is 0 Å². The number of thiocarbonyl (C=S) groups is 1. The van der Waals surface area contributed by atoms with E-state index >= 15 is 0 Å². The molecule has 2 N–H and O–H groups in total. The average Bonchev–Trinajstić information content (AvgIpc) is 2.96. The zero-order chi connectivity index (χ0) is 13.4. The lowest BCUT2D eigenvalue weighted by atomic mass is 10.1. The quantitative estimate of drug-likeness (QED) is 0.715. The summed E-state index contributed by atoms with van der Waals surface area (Å²) in [4.78, 5) is 1.86. The number of tetrazole rings is 1. The largest absolute Gasteiger partial charge is 0.389 e. The summed E-state index contributed by atoms with van der Waals surface area (Å²) in [5, 5.41) is 13.1. The molecular formula is C12H12N6S. The zero-order valence-electron chi connectivity index (χ0n) is 10.3. The highest BCUT2D eigenvalue weighted by atomic mass is 32.1. The summed E-state index contributed by atoms with van der Waals surface area (Å²) in [6.45, 7) is 0.587. The Labute approximate surface area is 114 Å². The van der Waals surface area contributed by atoms with Crippen molar-refractivity contribution in [2.75, 3.05) is 0 Å². The summed E-state index contributed by atoms with van der Waals surface area (Å²) in [5.41, 5.74) is 7.59. The minimum Gasteiger partial charge on any atom is -0.389 e. The predicted octanol–water partition coefficient (Wildman–Crippen LogP) is 0.847. The maximum Gasteiger partial charge on any atom is 0.194 e. The van der Waals surface area contributed by atoms with Crippen LogP contribution in [0, 0.1) is 0 Å². The van der Waals surface area contributed by atoms with Gasteiger partial charge in [-0.05, 0) is 29.5 Å². The van der Waals surface area contributed by atoms with Gasteiger partial charge in [0.2, 0.25) is 0 Å². The number of nitrogens with zero attached hydrogens (tertiary/aromatic N) is 5. The average molecular weight is 272 g/mol. The lowest BCUT2D eigenvalue weighted by molar-refractivity contribution is 0.626. The fourth-order valence-electron chi connectivity index (χ4n) is 2.03. The van der Waals surface area contributed by atoms with E-state index in [1.54, 1.807) is 7.05 Å². The molecule has 0 fully saturated rings. The van der Waals surface area contributed by atoms with Crippen molar-refractivity contribution in [1.82, 2.24) is 24.8 Å². The molecule has 3 rings (SSSR count). The van der Waals surface area contributed by atoms with Crippen molar-refractivity contribution < 1.29 is 0 Å². The Balaban J connectivity index is 1.99. The molecule has 3 aromatic rings. The zero-order valence-corrected chi connectivity index (χ0v) is 11.1. The molecule has 1 aromatic carbocycles. The van der Waals surface area contributed by atoms with Gasteiger partial charge in [-0.3, -0.25) is 0 Å². The van der Waals surface area contributed by atoms with Crippen molar-refractivity contribution in [1.29, 1.82) is 0 Å². The molecule has 0 aliphatic heterocycles. The second kappa shape index (κ2) is 4.43. The van der Waals surface area contributed by atoms with Crippen molar-refractivity contribution in [2.24, 2.45) is 12.8 Å². The molecule has 0 aliphatic rings. The molecule has 0 bridgehead atoms. The van der Waals surface area contributed by atoms with Crippen molar-refractivity contribution in [3.05, 3.63) is 41.9 Å². The molecule has 0 atom stereocenters. The van der Waals surface area contributed by atoms with Gasteiger partial charge in [0.15, 0.2) is 5.82 Å². The van der Waals surface area contributed by atoms with Crippen LogP contribution >= 0.6 is 12.2 Å². The van der Waals surface area contributed by atoms with Crippen molar-refractivity contribution in [2.45, 2.75) is 6.54 Å². The van der Waals surface area contributed by atoms with Crippen LogP contribution in [-0.4, -0.2) is 29.8 Å². The topological polar surface area (TPSA) is 74.5 Å². The smallest absolute Gasteiger partial charge is 0.194 e. The third-order valence-corrected chi connectivity index (χ3v) is 3.15. The van der Waals surface area contributed by atoms with E-state index in [1.165, 1.54) is 4.80 Å². The van der Waals surface area contributed by atoms with Gasteiger partial charge in [0.25, 0.3) is 0 Å². The highest BCUT2D eigenvalue weighted by Crippen LogP contribution is 2.18. The van der Waals surface area contributed by atoms with Crippen molar-refractivity contribution in [3.8, 4) is 0 Å². The molecule has 0 saturated heterocycles. The van der Waals surface area contributed by atoms with Crippen LogP contribution in [0.5, 0.6) is 0 Å². The number of aromatic nitrogens is 5. The first kappa shape index (κ1) is 11.8. The normalized spacial score (nSPS) is 11.0. The fraction of sp³-hybridized carbons (Fsp3) is 0.167. The molecule has 19 heavy (non-hydrogen) atoms. The number of aryl methyl sites for hydroxylation is 1. The monoisotopic (exact) mass is 272 g/mol. The van der Waals surface area contributed by atoms with Crippen LogP contribution < -0.4 is 5.73 Å². The third-order valence-electron chi connectivity index (χ3n) is 2.92. The number of nitrogens with two attached hydrogens (primary N) is 1. The molecular weight excluding hydrogens is 260 g/mol. The van der Waals surface area contributed by atoms with Gasteiger partial charge in [0.05, 0.1) is 13.6 Å². The van der Waals surface area contributed by atoms with Gasteiger partial charge < -0.3 is 10.3 Å². The first-order valence-corrected chi connectivity index (χ1v) is 6.16. The van der Waals surface area contributed by atoms with Gasteiger partial charge in [-0.15, -0.1) is 10.2 Å². The summed E-state index contributed by atoms with van der Waals surface area (Å²) >= 11 is 4.98. The van der Waals surface area contributed by atoms with Crippen LogP contribution in [-0.2, 0) is 13.6 Å². The molecule has 2 heterocycles. The van der Waals surface area contributed by atoms with Gasteiger partial charge in [-0.1, -0.05) is 12.2 Å². The van der Waals surface area contributed by atoms with Crippen LogP contribution in [0.15, 0.2) is 30.5 Å². The Morgan fingerprint density at radius 2 is 2.21 bits per heavy atom. The van der Waals surface area contributed by atoms with E-state index in [1.807, 2.05) is 30.5 Å². The van der Waals surface area contributed by atoms with E-state index in [2.05, 4.69) is 20.0 Å². The number of fused-ring (bicyclic) bond motifs is 1. The standard InChI is InChI=1S/C12H12N6S/c1-17-15-11(14-16-17)7-18-5-4-8-6-9(12(13)19)2-3-10(8)18/h2-6H,7H2,1H3,(H2,13,19). The summed E-state index contributed by atoms with van der Waals surface area (Å²) < 4.78 is 2.07. The number of hydrogen-bond acceptors (Lipinski definition) is 4. The van der Waals surface area contributed by atoms with Crippen molar-refractivity contribution >= 4 is 28.1 Å². The SMILES string of the molecule is Cn1nnc(Cn2ccc3cc(C(N)=S)ccc32)n1. The summed E-state index contributed by atoms with van der Waals surface area (Å²) in [5.74, 6) is 0.679. The molecule has 0 radical (unpaired) electrons. The number of rotatable bonds is 3. The highest BCUT2D eigenvalue weighted by Gasteiger charge is 2.06. The Morgan fingerprint density at radius 1 is 1.37 bits per heavy atom. The van der Waals surface area contributed by atoms with Gasteiger partial charge in [-0.2, -0.15) is 4.80 Å². The molecule has 0 unspecified atom stereocenters. The number of hydrogen-bond donors (Lipinski definition) is 1. The molecule has 7 heteroatoms. The molecule has 6 nitrogen and oxygen atoms in total. The first-order valence-electron chi connectivity index (χ1n) is 5.75. The molecule has 0 saturated carbocycles. The predicted molar refractivity (Wildman–Crippen MR) is 75.7 cm³/mol. The Bertz CT molecular complexity index is 757. The summed E-state index contributed by atoms with van der Waals surface area (Å²) in [6.07, 6.45) is 1.99. The third kappa shape index (κ3) is 2.19. The van der Waals surface area contributed by atoms with Gasteiger partial charge in [-0.25, -0.2) is 0 Å². The second-order valence-corrected chi connectivity index (χ2v) is 4.72. The molecule has 96 valence electrons. The Kier molecular flexibility index (Phi) is 2.75. The molecule has 2 aromatic heterocycles. The maximum atomic E-state index is 5.63. The molecule has 0 amide bonds. The van der Waals surface area contributed by atoms with Gasteiger partial charge in [0, 0.05) is 22.7 Å². The minimum atomic E-state index is 0.408.